The van der Waals surface area contributed by atoms with Crippen LogP contribution in [-0.2, 0) is 4.43 Å². The second-order valence-electron chi connectivity index (χ2n) is 7.00. The van der Waals surface area contributed by atoms with E-state index in [4.69, 9.17) is 4.43 Å². The number of benzene rings is 1. The molecular formula is C16H23NO3Si. The molecule has 1 aromatic rings. The van der Waals surface area contributed by atoms with Crippen molar-refractivity contribution < 1.29 is 14.0 Å². The smallest absolute Gasteiger partial charge is 0.263 e. The van der Waals surface area contributed by atoms with Gasteiger partial charge in [0.05, 0.1) is 11.1 Å². The third kappa shape index (κ3) is 2.67. The Morgan fingerprint density at radius 1 is 1.05 bits per heavy atom. The molecule has 0 saturated heterocycles. The van der Waals surface area contributed by atoms with Crippen LogP contribution in [0.15, 0.2) is 24.3 Å². The minimum atomic E-state index is -2.04. The Labute approximate surface area is 127 Å². The minimum absolute atomic E-state index is 0.0277. The van der Waals surface area contributed by atoms with Crippen LogP contribution in [0.1, 0.15) is 48.4 Å². The molecule has 1 aliphatic heterocycles. The molecule has 0 aliphatic carbocycles. The van der Waals surface area contributed by atoms with E-state index in [1.54, 1.807) is 31.2 Å². The summed E-state index contributed by atoms with van der Waals surface area (Å²) in [5.74, 6) is -0.524. The van der Waals surface area contributed by atoms with Gasteiger partial charge in [-0.05, 0) is 37.2 Å². The van der Waals surface area contributed by atoms with E-state index in [0.717, 1.165) is 0 Å². The number of fused-ring (bicyclic) bond motifs is 1. The summed E-state index contributed by atoms with van der Waals surface area (Å²) in [6.07, 6.45) is -0.543. The molecule has 0 saturated carbocycles. The first-order chi connectivity index (χ1) is 9.56. The molecule has 0 aromatic heterocycles. The summed E-state index contributed by atoms with van der Waals surface area (Å²) < 4.78 is 6.18. The molecule has 114 valence electrons. The van der Waals surface area contributed by atoms with Crippen molar-refractivity contribution in [2.75, 3.05) is 0 Å². The number of nitrogens with zero attached hydrogens (tertiary/aromatic N) is 1. The van der Waals surface area contributed by atoms with E-state index in [-0.39, 0.29) is 16.9 Å². The third-order valence-electron chi connectivity index (χ3n) is 4.46. The van der Waals surface area contributed by atoms with Crippen LogP contribution in [0, 0.1) is 0 Å². The lowest BCUT2D eigenvalue weighted by atomic mass is 10.1. The first-order valence-corrected chi connectivity index (χ1v) is 10.1. The van der Waals surface area contributed by atoms with E-state index in [2.05, 4.69) is 33.9 Å². The van der Waals surface area contributed by atoms with E-state index in [1.807, 2.05) is 0 Å². The zero-order valence-electron chi connectivity index (χ0n) is 13.6. The highest BCUT2D eigenvalue weighted by molar-refractivity contribution is 6.74. The third-order valence-corrected chi connectivity index (χ3v) is 9.00. The van der Waals surface area contributed by atoms with Gasteiger partial charge in [-0.2, -0.15) is 0 Å². The van der Waals surface area contributed by atoms with Crippen LogP contribution >= 0.6 is 0 Å². The number of carbonyl (C=O) groups excluding carboxylic acids is 2. The molecule has 0 unspecified atom stereocenters. The average Bonchev–Trinajstić information content (AvgIpc) is 2.60. The van der Waals surface area contributed by atoms with E-state index < -0.39 is 14.5 Å². The van der Waals surface area contributed by atoms with E-state index >= 15 is 0 Å². The second kappa shape index (κ2) is 5.07. The fraction of sp³-hybridized carbons (Fsp3) is 0.500. The van der Waals surface area contributed by atoms with Gasteiger partial charge in [-0.3, -0.25) is 9.59 Å². The van der Waals surface area contributed by atoms with Gasteiger partial charge in [0.25, 0.3) is 11.8 Å². The highest BCUT2D eigenvalue weighted by Crippen LogP contribution is 2.38. The SMILES string of the molecule is C[C@H](O[Si](C)(C)C(C)(C)C)N1C(=O)c2ccccc2C1=O. The van der Waals surface area contributed by atoms with Crippen molar-refractivity contribution in [2.45, 2.75) is 52.1 Å². The Balaban J connectivity index is 2.25. The minimum Gasteiger partial charge on any atom is -0.397 e. The zero-order chi connectivity index (χ0) is 16.0. The Bertz CT molecular complexity index is 554. The standard InChI is InChI=1S/C16H23NO3Si/c1-11(20-21(5,6)16(2,3)4)17-14(18)12-9-7-8-10-13(12)15(17)19/h7-11H,1-6H3/t11-/m0/s1. The lowest BCUT2D eigenvalue weighted by Crippen LogP contribution is -2.50. The lowest BCUT2D eigenvalue weighted by molar-refractivity contribution is 0.0255. The Morgan fingerprint density at radius 2 is 1.48 bits per heavy atom. The van der Waals surface area contributed by atoms with Crippen molar-refractivity contribution in [1.82, 2.24) is 4.90 Å². The van der Waals surface area contributed by atoms with Crippen molar-refractivity contribution in [3.05, 3.63) is 35.4 Å². The summed E-state index contributed by atoms with van der Waals surface area (Å²) in [7, 11) is -2.04. The number of hydrogen-bond acceptors (Lipinski definition) is 3. The van der Waals surface area contributed by atoms with Gasteiger partial charge >= 0.3 is 0 Å². The largest absolute Gasteiger partial charge is 0.397 e. The molecule has 0 N–H and O–H groups in total. The van der Waals surface area contributed by atoms with Gasteiger partial charge in [0.15, 0.2) is 8.32 Å². The van der Waals surface area contributed by atoms with Crippen LogP contribution in [0.4, 0.5) is 0 Å². The summed E-state index contributed by atoms with van der Waals surface area (Å²) in [4.78, 5) is 26.1. The quantitative estimate of drug-likeness (QED) is 0.632. The highest BCUT2D eigenvalue weighted by Gasteiger charge is 2.44. The molecule has 2 amide bonds. The molecule has 1 atom stereocenters. The number of rotatable bonds is 3. The molecular weight excluding hydrogens is 282 g/mol. The van der Waals surface area contributed by atoms with Crippen molar-refractivity contribution in [1.29, 1.82) is 0 Å². The highest BCUT2D eigenvalue weighted by atomic mass is 28.4. The first kappa shape index (κ1) is 15.9. The van der Waals surface area contributed by atoms with Crippen molar-refractivity contribution in [2.24, 2.45) is 0 Å². The molecule has 5 heteroatoms. The lowest BCUT2D eigenvalue weighted by Gasteiger charge is -2.40. The average molecular weight is 305 g/mol. The molecule has 0 radical (unpaired) electrons. The van der Waals surface area contributed by atoms with Gasteiger partial charge in [0, 0.05) is 0 Å². The molecule has 1 aromatic carbocycles. The number of imide groups is 1. The molecule has 1 aliphatic rings. The summed E-state index contributed by atoms with van der Waals surface area (Å²) in [5.41, 5.74) is 0.932. The molecule has 2 rings (SSSR count). The van der Waals surface area contributed by atoms with E-state index in [1.165, 1.54) is 4.90 Å². The second-order valence-corrected chi connectivity index (χ2v) is 11.8. The first-order valence-electron chi connectivity index (χ1n) is 7.21. The predicted molar refractivity (Wildman–Crippen MR) is 84.7 cm³/mol. The van der Waals surface area contributed by atoms with Gasteiger partial charge in [-0.15, -0.1) is 0 Å². The Kier molecular flexibility index (Phi) is 3.84. The van der Waals surface area contributed by atoms with Gasteiger partial charge in [-0.1, -0.05) is 32.9 Å². The molecule has 21 heavy (non-hydrogen) atoms. The molecule has 0 spiro atoms. The Morgan fingerprint density at radius 3 is 1.86 bits per heavy atom. The fourth-order valence-electron chi connectivity index (χ4n) is 2.19. The van der Waals surface area contributed by atoms with Gasteiger partial charge in [0.1, 0.15) is 6.23 Å². The Hall–Kier alpha value is -1.46. The maximum absolute atomic E-state index is 12.4. The van der Waals surface area contributed by atoms with E-state index in [0.29, 0.717) is 11.1 Å². The monoisotopic (exact) mass is 305 g/mol. The molecule has 1 heterocycles. The topological polar surface area (TPSA) is 46.6 Å². The summed E-state index contributed by atoms with van der Waals surface area (Å²) in [5, 5.41) is 0.0277. The van der Waals surface area contributed by atoms with E-state index in [9.17, 15) is 9.59 Å². The van der Waals surface area contributed by atoms with Crippen molar-refractivity contribution in [3.8, 4) is 0 Å². The predicted octanol–water partition coefficient (Wildman–Crippen LogP) is 3.65. The van der Waals surface area contributed by atoms with Crippen molar-refractivity contribution >= 4 is 20.1 Å². The summed E-state index contributed by atoms with van der Waals surface area (Å²) in [6.45, 7) is 12.4. The van der Waals surface area contributed by atoms with Gasteiger partial charge < -0.3 is 4.43 Å². The van der Waals surface area contributed by atoms with Crippen LogP contribution in [0.25, 0.3) is 0 Å². The molecule has 0 fully saturated rings. The van der Waals surface area contributed by atoms with Crippen LogP contribution in [0.3, 0.4) is 0 Å². The zero-order valence-corrected chi connectivity index (χ0v) is 14.6. The maximum Gasteiger partial charge on any atom is 0.263 e. The summed E-state index contributed by atoms with van der Waals surface area (Å²) in [6, 6.07) is 6.92. The molecule has 4 nitrogen and oxygen atoms in total. The molecule has 0 bridgehead atoms. The van der Waals surface area contributed by atoms with Gasteiger partial charge in [-0.25, -0.2) is 4.90 Å². The number of carbonyl (C=O) groups is 2. The number of hydrogen-bond donors (Lipinski definition) is 0. The van der Waals surface area contributed by atoms with Crippen LogP contribution < -0.4 is 0 Å². The van der Waals surface area contributed by atoms with Gasteiger partial charge in [0.2, 0.25) is 0 Å². The van der Waals surface area contributed by atoms with Crippen LogP contribution in [0.5, 0.6) is 0 Å². The van der Waals surface area contributed by atoms with Crippen molar-refractivity contribution in [3.63, 3.8) is 0 Å². The fourth-order valence-corrected chi connectivity index (χ4v) is 3.51. The normalized spacial score (nSPS) is 17.1. The number of amides is 2. The maximum atomic E-state index is 12.4. The van der Waals surface area contributed by atoms with Crippen LogP contribution in [0.2, 0.25) is 18.1 Å². The van der Waals surface area contributed by atoms with Crippen LogP contribution in [-0.4, -0.2) is 31.3 Å². The summed E-state index contributed by atoms with van der Waals surface area (Å²) >= 11 is 0.